The minimum atomic E-state index is -0.478. The monoisotopic (exact) mass is 299 g/mol. The third-order valence-electron chi connectivity index (χ3n) is 2.93. The van der Waals surface area contributed by atoms with Gasteiger partial charge in [0.05, 0.1) is 17.8 Å². The molecule has 1 aromatic carbocycles. The van der Waals surface area contributed by atoms with Crippen molar-refractivity contribution in [2.45, 2.75) is 6.92 Å². The Bertz CT molecular complexity index is 772. The molecule has 6 heteroatoms. The summed E-state index contributed by atoms with van der Waals surface area (Å²) in [6.07, 6.45) is 0. The first-order chi connectivity index (χ1) is 10.3. The van der Waals surface area contributed by atoms with Crippen LogP contribution >= 0.6 is 11.3 Å². The van der Waals surface area contributed by atoms with Gasteiger partial charge in [-0.05, 0) is 24.4 Å². The maximum atomic E-state index is 12.1. The van der Waals surface area contributed by atoms with Crippen LogP contribution in [0.25, 0.3) is 10.9 Å². The first-order valence-corrected chi connectivity index (χ1v) is 7.45. The third kappa shape index (κ3) is 2.71. The van der Waals surface area contributed by atoms with Crippen LogP contribution in [-0.4, -0.2) is 22.8 Å². The first kappa shape index (κ1) is 13.5. The van der Waals surface area contributed by atoms with Crippen molar-refractivity contribution in [1.29, 1.82) is 0 Å². The summed E-state index contributed by atoms with van der Waals surface area (Å²) in [4.78, 5) is 12.1. The van der Waals surface area contributed by atoms with Gasteiger partial charge in [0, 0.05) is 16.5 Å². The van der Waals surface area contributed by atoms with E-state index in [9.17, 15) is 4.79 Å². The molecule has 0 unspecified atom stereocenters. The molecule has 0 spiro atoms. The van der Waals surface area contributed by atoms with Crippen LogP contribution in [0, 0.1) is 0 Å². The number of aromatic nitrogens is 2. The van der Waals surface area contributed by atoms with Gasteiger partial charge in [-0.3, -0.25) is 0 Å². The van der Waals surface area contributed by atoms with Crippen LogP contribution in [0.3, 0.4) is 0 Å². The molecule has 0 aliphatic carbocycles. The van der Waals surface area contributed by atoms with Crippen LogP contribution in [0.4, 0.5) is 11.4 Å². The highest BCUT2D eigenvalue weighted by Crippen LogP contribution is 2.29. The average Bonchev–Trinajstić information content (AvgIpc) is 3.01. The van der Waals surface area contributed by atoms with Crippen molar-refractivity contribution >= 4 is 39.6 Å². The maximum Gasteiger partial charge on any atom is 0.361 e. The normalized spacial score (nSPS) is 10.5. The molecule has 3 rings (SSSR count). The second-order valence-corrected chi connectivity index (χ2v) is 5.08. The van der Waals surface area contributed by atoms with E-state index in [4.69, 9.17) is 4.74 Å². The Morgan fingerprint density at radius 2 is 2.14 bits per heavy atom. The van der Waals surface area contributed by atoms with Crippen molar-refractivity contribution in [3.8, 4) is 0 Å². The van der Waals surface area contributed by atoms with Crippen molar-refractivity contribution in [3.05, 3.63) is 46.8 Å². The van der Waals surface area contributed by atoms with E-state index in [-0.39, 0.29) is 5.69 Å². The van der Waals surface area contributed by atoms with E-state index in [1.54, 1.807) is 18.3 Å². The van der Waals surface area contributed by atoms with Gasteiger partial charge in [-0.25, -0.2) is 4.79 Å². The Hall–Kier alpha value is -2.47. The van der Waals surface area contributed by atoms with Gasteiger partial charge in [-0.2, -0.15) is 11.3 Å². The summed E-state index contributed by atoms with van der Waals surface area (Å²) in [7, 11) is 0. The molecule has 2 aromatic heterocycles. The minimum Gasteiger partial charge on any atom is -0.461 e. The molecule has 2 heterocycles. The number of nitrogens with one attached hydrogen (secondary N) is 1. The number of anilines is 2. The van der Waals surface area contributed by atoms with E-state index < -0.39 is 5.97 Å². The number of rotatable bonds is 4. The highest BCUT2D eigenvalue weighted by atomic mass is 32.1. The predicted octanol–water partition coefficient (Wildman–Crippen LogP) is 3.61. The van der Waals surface area contributed by atoms with Crippen LogP contribution in [0.5, 0.6) is 0 Å². The fourth-order valence-corrected chi connectivity index (χ4v) is 2.59. The fourth-order valence-electron chi connectivity index (χ4n) is 2.00. The SMILES string of the molecule is CCOC(=O)c1nnc2ccccc2c1Nc1ccsc1. The first-order valence-electron chi connectivity index (χ1n) is 6.51. The average molecular weight is 299 g/mol. The lowest BCUT2D eigenvalue weighted by Crippen LogP contribution is -2.11. The van der Waals surface area contributed by atoms with Crippen LogP contribution < -0.4 is 5.32 Å². The summed E-state index contributed by atoms with van der Waals surface area (Å²) in [5.41, 5.74) is 2.45. The lowest BCUT2D eigenvalue weighted by molar-refractivity contribution is 0.0520. The number of hydrogen-bond acceptors (Lipinski definition) is 6. The van der Waals surface area contributed by atoms with E-state index in [1.807, 2.05) is 41.1 Å². The molecule has 3 aromatic rings. The number of carbonyl (C=O) groups excluding carboxylic acids is 1. The molecule has 0 bridgehead atoms. The summed E-state index contributed by atoms with van der Waals surface area (Å²) < 4.78 is 5.06. The molecular formula is C15H13N3O2S. The third-order valence-corrected chi connectivity index (χ3v) is 3.61. The predicted molar refractivity (Wildman–Crippen MR) is 83.1 cm³/mol. The number of fused-ring (bicyclic) bond motifs is 1. The topological polar surface area (TPSA) is 64.1 Å². The van der Waals surface area contributed by atoms with Crippen molar-refractivity contribution < 1.29 is 9.53 Å². The van der Waals surface area contributed by atoms with Crippen molar-refractivity contribution in [3.63, 3.8) is 0 Å². The van der Waals surface area contributed by atoms with Crippen LogP contribution in [0.2, 0.25) is 0 Å². The zero-order chi connectivity index (χ0) is 14.7. The molecule has 0 aliphatic rings. The van der Waals surface area contributed by atoms with Gasteiger partial charge in [0.15, 0.2) is 5.69 Å². The second kappa shape index (κ2) is 5.88. The van der Waals surface area contributed by atoms with Gasteiger partial charge in [0.25, 0.3) is 0 Å². The second-order valence-electron chi connectivity index (χ2n) is 4.30. The van der Waals surface area contributed by atoms with E-state index in [1.165, 1.54) is 0 Å². The van der Waals surface area contributed by atoms with Crippen molar-refractivity contribution in [2.24, 2.45) is 0 Å². The summed E-state index contributed by atoms with van der Waals surface area (Å²) in [5.74, 6) is -0.478. The lowest BCUT2D eigenvalue weighted by Gasteiger charge is -2.11. The quantitative estimate of drug-likeness (QED) is 0.746. The number of carbonyl (C=O) groups is 1. The number of esters is 1. The Kier molecular flexibility index (Phi) is 3.79. The molecule has 0 aliphatic heterocycles. The molecule has 0 amide bonds. The Morgan fingerprint density at radius 3 is 2.90 bits per heavy atom. The number of hydrogen-bond donors (Lipinski definition) is 1. The van der Waals surface area contributed by atoms with Gasteiger partial charge in [-0.15, -0.1) is 10.2 Å². The van der Waals surface area contributed by atoms with Gasteiger partial charge >= 0.3 is 5.97 Å². The Balaban J connectivity index is 2.15. The minimum absolute atomic E-state index is 0.196. The molecule has 21 heavy (non-hydrogen) atoms. The zero-order valence-electron chi connectivity index (χ0n) is 11.4. The van der Waals surface area contributed by atoms with Gasteiger partial charge in [0.2, 0.25) is 0 Å². The number of thiophene rings is 1. The molecule has 0 radical (unpaired) electrons. The largest absolute Gasteiger partial charge is 0.461 e. The summed E-state index contributed by atoms with van der Waals surface area (Å²) in [6.45, 7) is 2.06. The van der Waals surface area contributed by atoms with E-state index >= 15 is 0 Å². The summed E-state index contributed by atoms with van der Waals surface area (Å²) >= 11 is 1.57. The summed E-state index contributed by atoms with van der Waals surface area (Å²) in [5, 5.41) is 16.1. The van der Waals surface area contributed by atoms with Crippen molar-refractivity contribution in [1.82, 2.24) is 10.2 Å². The highest BCUT2D eigenvalue weighted by molar-refractivity contribution is 7.08. The van der Waals surface area contributed by atoms with Gasteiger partial charge < -0.3 is 10.1 Å². The molecule has 0 atom stereocenters. The molecule has 106 valence electrons. The standard InChI is InChI=1S/C15H13N3O2S/c1-2-20-15(19)14-13(16-10-7-8-21-9-10)11-5-3-4-6-12(11)17-18-14/h3-9H,2H2,1H3,(H,16,17). The summed E-state index contributed by atoms with van der Waals surface area (Å²) in [6, 6.07) is 9.49. The van der Waals surface area contributed by atoms with Crippen LogP contribution in [0.15, 0.2) is 41.1 Å². The number of ether oxygens (including phenoxy) is 1. The highest BCUT2D eigenvalue weighted by Gasteiger charge is 2.18. The maximum absolute atomic E-state index is 12.1. The van der Waals surface area contributed by atoms with Gasteiger partial charge in [0.1, 0.15) is 0 Å². The Morgan fingerprint density at radius 1 is 1.29 bits per heavy atom. The lowest BCUT2D eigenvalue weighted by atomic mass is 10.1. The fraction of sp³-hybridized carbons (Fsp3) is 0.133. The van der Waals surface area contributed by atoms with E-state index in [0.29, 0.717) is 12.3 Å². The van der Waals surface area contributed by atoms with Crippen LogP contribution in [-0.2, 0) is 4.74 Å². The molecule has 0 saturated carbocycles. The smallest absolute Gasteiger partial charge is 0.361 e. The molecular weight excluding hydrogens is 286 g/mol. The molecule has 5 nitrogen and oxygen atoms in total. The molecule has 0 fully saturated rings. The van der Waals surface area contributed by atoms with E-state index in [2.05, 4.69) is 15.5 Å². The van der Waals surface area contributed by atoms with E-state index in [0.717, 1.165) is 16.6 Å². The number of benzene rings is 1. The molecule has 0 saturated heterocycles. The van der Waals surface area contributed by atoms with Crippen LogP contribution in [0.1, 0.15) is 17.4 Å². The Labute approximate surface area is 125 Å². The number of nitrogens with zero attached hydrogens (tertiary/aromatic N) is 2. The zero-order valence-corrected chi connectivity index (χ0v) is 12.2. The molecule has 1 N–H and O–H groups in total. The van der Waals surface area contributed by atoms with Gasteiger partial charge in [-0.1, -0.05) is 18.2 Å². The van der Waals surface area contributed by atoms with Crippen molar-refractivity contribution in [2.75, 3.05) is 11.9 Å².